The predicted molar refractivity (Wildman–Crippen MR) is 101 cm³/mol. The maximum atomic E-state index is 12.2. The lowest BCUT2D eigenvalue weighted by atomic mass is 9.95. The summed E-state index contributed by atoms with van der Waals surface area (Å²) in [5, 5.41) is 19.3. The van der Waals surface area contributed by atoms with Gasteiger partial charge in [0.05, 0.1) is 26.4 Å². The third-order valence-corrected chi connectivity index (χ3v) is 5.36. The number of aromatic nitrogens is 4. The molecule has 152 valence electrons. The Morgan fingerprint density at radius 1 is 1.18 bits per heavy atom. The molecule has 0 amide bonds. The fourth-order valence-corrected chi connectivity index (χ4v) is 3.86. The first-order chi connectivity index (χ1) is 13.6. The number of piperidine rings is 1. The van der Waals surface area contributed by atoms with Crippen LogP contribution < -0.4 is 5.56 Å². The van der Waals surface area contributed by atoms with E-state index >= 15 is 0 Å². The van der Waals surface area contributed by atoms with E-state index in [1.54, 1.807) is 29.2 Å². The van der Waals surface area contributed by atoms with Gasteiger partial charge in [-0.25, -0.2) is 9.36 Å². The van der Waals surface area contributed by atoms with E-state index in [9.17, 15) is 9.90 Å². The van der Waals surface area contributed by atoms with Gasteiger partial charge in [-0.3, -0.25) is 4.79 Å². The molecule has 0 atom stereocenters. The van der Waals surface area contributed by atoms with Gasteiger partial charge in [-0.2, -0.15) is 5.10 Å². The maximum absolute atomic E-state index is 12.2. The van der Waals surface area contributed by atoms with Crippen LogP contribution in [0.5, 0.6) is 0 Å². The lowest BCUT2D eigenvalue weighted by Gasteiger charge is -2.37. The molecule has 9 nitrogen and oxygen atoms in total. The molecule has 0 unspecified atom stereocenters. The van der Waals surface area contributed by atoms with Gasteiger partial charge in [0.25, 0.3) is 5.56 Å². The second kappa shape index (κ2) is 8.52. The maximum Gasteiger partial charge on any atom is 0.266 e. The molecular formula is C19H27N5O4. The molecule has 0 bridgehead atoms. The summed E-state index contributed by atoms with van der Waals surface area (Å²) < 4.78 is 14.1. The largest absolute Gasteiger partial charge is 0.384 e. The third-order valence-electron chi connectivity index (χ3n) is 5.36. The molecule has 28 heavy (non-hydrogen) atoms. The Morgan fingerprint density at radius 2 is 1.93 bits per heavy atom. The summed E-state index contributed by atoms with van der Waals surface area (Å²) in [6.45, 7) is 4.58. The molecule has 0 aromatic carbocycles. The van der Waals surface area contributed by atoms with Gasteiger partial charge in [-0.1, -0.05) is 0 Å². The molecule has 2 aliphatic rings. The van der Waals surface area contributed by atoms with E-state index in [4.69, 9.17) is 9.47 Å². The molecule has 2 aromatic heterocycles. The van der Waals surface area contributed by atoms with E-state index in [2.05, 4.69) is 15.1 Å². The number of hydrogen-bond acceptors (Lipinski definition) is 7. The molecule has 0 aliphatic carbocycles. The minimum atomic E-state index is -0.945. The van der Waals surface area contributed by atoms with E-state index in [0.29, 0.717) is 51.3 Å². The number of nitrogens with zero attached hydrogens (tertiary/aromatic N) is 5. The number of β-amino-alcohol motifs (C(OH)–C–C–N with tert-alkyl or cyclic N) is 1. The summed E-state index contributed by atoms with van der Waals surface area (Å²) in [5.41, 5.74) is -1.04. The van der Waals surface area contributed by atoms with Gasteiger partial charge >= 0.3 is 0 Å². The smallest absolute Gasteiger partial charge is 0.266 e. The summed E-state index contributed by atoms with van der Waals surface area (Å²) in [5.74, 6) is 1.02. The number of ether oxygens (including phenoxy) is 2. The predicted octanol–water partition coefficient (Wildman–Crippen LogP) is -0.0811. The lowest BCUT2D eigenvalue weighted by molar-refractivity contribution is -0.0781. The van der Waals surface area contributed by atoms with E-state index in [1.165, 1.54) is 4.68 Å². The van der Waals surface area contributed by atoms with Crippen molar-refractivity contribution < 1.29 is 14.6 Å². The summed E-state index contributed by atoms with van der Waals surface area (Å²) in [4.78, 5) is 14.5. The SMILES string of the molecule is O=c1ccc(-n2cccn2)nn1CC1CCN(CC2(O)COCCOC2)CC1. The zero-order valence-corrected chi connectivity index (χ0v) is 15.9. The lowest BCUT2D eigenvalue weighted by Crippen LogP contribution is -2.51. The quantitative estimate of drug-likeness (QED) is 0.764. The zero-order valence-electron chi connectivity index (χ0n) is 15.9. The average Bonchev–Trinajstić information content (AvgIpc) is 3.14. The van der Waals surface area contributed by atoms with E-state index in [1.807, 2.05) is 6.07 Å². The molecule has 2 aromatic rings. The Morgan fingerprint density at radius 3 is 2.61 bits per heavy atom. The Bertz CT molecular complexity index is 806. The molecular weight excluding hydrogens is 362 g/mol. The van der Waals surface area contributed by atoms with Crippen molar-refractivity contribution >= 4 is 0 Å². The standard InChI is InChI=1S/C19H27N5O4/c25-18-3-2-17(23-7-1-6-20-23)21-24(18)12-16-4-8-22(9-5-16)13-19(26)14-27-10-11-28-15-19/h1-3,6-7,16,26H,4-5,8-15H2. The first-order valence-electron chi connectivity index (χ1n) is 9.80. The van der Waals surface area contributed by atoms with Gasteiger partial charge in [0.1, 0.15) is 5.60 Å². The van der Waals surface area contributed by atoms with Crippen molar-refractivity contribution in [2.45, 2.75) is 25.0 Å². The molecule has 4 rings (SSSR count). The fourth-order valence-electron chi connectivity index (χ4n) is 3.86. The van der Waals surface area contributed by atoms with Crippen molar-refractivity contribution in [2.24, 2.45) is 5.92 Å². The van der Waals surface area contributed by atoms with Crippen LogP contribution >= 0.6 is 0 Å². The van der Waals surface area contributed by atoms with Crippen LogP contribution in [-0.2, 0) is 16.0 Å². The number of hydrogen-bond donors (Lipinski definition) is 1. The molecule has 2 aliphatic heterocycles. The van der Waals surface area contributed by atoms with Gasteiger partial charge in [0, 0.05) is 31.5 Å². The first kappa shape index (κ1) is 19.3. The van der Waals surface area contributed by atoms with Crippen molar-refractivity contribution in [1.29, 1.82) is 0 Å². The highest BCUT2D eigenvalue weighted by molar-refractivity contribution is 5.17. The summed E-state index contributed by atoms with van der Waals surface area (Å²) in [6.07, 6.45) is 5.41. The molecule has 0 spiro atoms. The van der Waals surface area contributed by atoms with Crippen LogP contribution in [0.3, 0.4) is 0 Å². The van der Waals surface area contributed by atoms with Crippen molar-refractivity contribution in [1.82, 2.24) is 24.5 Å². The Labute approximate surface area is 163 Å². The summed E-state index contributed by atoms with van der Waals surface area (Å²) in [6, 6.07) is 5.05. The highest BCUT2D eigenvalue weighted by Gasteiger charge is 2.33. The van der Waals surface area contributed by atoms with Gasteiger partial charge in [-0.05, 0) is 44.0 Å². The Kier molecular flexibility index (Phi) is 5.86. The topological polar surface area (TPSA) is 94.6 Å². The molecule has 9 heteroatoms. The molecule has 2 saturated heterocycles. The van der Waals surface area contributed by atoms with Crippen LogP contribution in [0, 0.1) is 5.92 Å². The van der Waals surface area contributed by atoms with E-state index in [-0.39, 0.29) is 5.56 Å². The molecule has 0 radical (unpaired) electrons. The van der Waals surface area contributed by atoms with Gasteiger partial charge in [-0.15, -0.1) is 5.10 Å². The molecule has 1 N–H and O–H groups in total. The Hall–Kier alpha value is -2.07. The third kappa shape index (κ3) is 4.67. The van der Waals surface area contributed by atoms with E-state index in [0.717, 1.165) is 25.9 Å². The van der Waals surface area contributed by atoms with Crippen molar-refractivity contribution in [3.8, 4) is 5.82 Å². The van der Waals surface area contributed by atoms with Gasteiger partial charge in [0.2, 0.25) is 0 Å². The summed E-state index contributed by atoms with van der Waals surface area (Å²) in [7, 11) is 0. The van der Waals surface area contributed by atoms with Crippen molar-refractivity contribution in [2.75, 3.05) is 46.1 Å². The monoisotopic (exact) mass is 389 g/mol. The number of likely N-dealkylation sites (tertiary alicyclic amines) is 1. The zero-order chi connectivity index (χ0) is 19.4. The van der Waals surface area contributed by atoms with E-state index < -0.39 is 5.60 Å². The second-order valence-corrected chi connectivity index (χ2v) is 7.71. The molecule has 4 heterocycles. The Balaban J connectivity index is 1.33. The second-order valence-electron chi connectivity index (χ2n) is 7.71. The first-order valence-corrected chi connectivity index (χ1v) is 9.80. The number of rotatable bonds is 5. The van der Waals surface area contributed by atoms with Crippen LogP contribution in [-0.4, -0.2) is 81.2 Å². The van der Waals surface area contributed by atoms with Crippen molar-refractivity contribution in [3.05, 3.63) is 40.9 Å². The van der Waals surface area contributed by atoms with Crippen LogP contribution in [0.25, 0.3) is 5.82 Å². The number of aliphatic hydroxyl groups is 1. The minimum absolute atomic E-state index is 0.0969. The summed E-state index contributed by atoms with van der Waals surface area (Å²) >= 11 is 0. The minimum Gasteiger partial charge on any atom is -0.384 e. The van der Waals surface area contributed by atoms with Crippen LogP contribution in [0.1, 0.15) is 12.8 Å². The van der Waals surface area contributed by atoms with Crippen LogP contribution in [0.4, 0.5) is 0 Å². The van der Waals surface area contributed by atoms with Gasteiger partial charge in [0.15, 0.2) is 5.82 Å². The molecule has 0 saturated carbocycles. The van der Waals surface area contributed by atoms with Gasteiger partial charge < -0.3 is 19.5 Å². The highest BCUT2D eigenvalue weighted by Crippen LogP contribution is 2.21. The molecule has 2 fully saturated rings. The van der Waals surface area contributed by atoms with Crippen LogP contribution in [0.2, 0.25) is 0 Å². The fraction of sp³-hybridized carbons (Fsp3) is 0.632. The van der Waals surface area contributed by atoms with Crippen molar-refractivity contribution in [3.63, 3.8) is 0 Å². The normalized spacial score (nSPS) is 21.5. The van der Waals surface area contributed by atoms with Crippen LogP contribution in [0.15, 0.2) is 35.4 Å². The average molecular weight is 389 g/mol. The highest BCUT2D eigenvalue weighted by atomic mass is 16.6.